The zero-order valence-corrected chi connectivity index (χ0v) is 11.3. The Kier molecular flexibility index (Phi) is 5.80. The number of nitrogens with one attached hydrogen (secondary N) is 1. The van der Waals surface area contributed by atoms with Gasteiger partial charge in [0.25, 0.3) is 0 Å². The van der Waals surface area contributed by atoms with Crippen LogP contribution in [0.5, 0.6) is 0 Å². The second-order valence-electron chi connectivity index (χ2n) is 3.84. The Morgan fingerprint density at radius 1 is 1.44 bits per heavy atom. The maximum atomic E-state index is 11.5. The van der Waals surface area contributed by atoms with Gasteiger partial charge in [0.2, 0.25) is 5.91 Å². The average molecular weight is 271 g/mol. The van der Waals surface area contributed by atoms with Gasteiger partial charge in [0.1, 0.15) is 4.88 Å². The summed E-state index contributed by atoms with van der Waals surface area (Å²) in [4.78, 5) is 22.6. The van der Waals surface area contributed by atoms with Gasteiger partial charge in [0.15, 0.2) is 0 Å². The van der Waals surface area contributed by atoms with Crippen LogP contribution < -0.4 is 5.32 Å². The zero-order valence-electron chi connectivity index (χ0n) is 10.5. The summed E-state index contributed by atoms with van der Waals surface area (Å²) in [6.07, 6.45) is 1.20. The lowest BCUT2D eigenvalue weighted by Gasteiger charge is -2.03. The molecule has 0 spiro atoms. The summed E-state index contributed by atoms with van der Waals surface area (Å²) in [6, 6.07) is 1.67. The second-order valence-corrected chi connectivity index (χ2v) is 4.89. The number of aromatic carboxylic acids is 1. The summed E-state index contributed by atoms with van der Waals surface area (Å²) in [5, 5.41) is 12.1. The first-order chi connectivity index (χ1) is 8.54. The van der Waals surface area contributed by atoms with Crippen LogP contribution in [-0.2, 0) is 9.53 Å². The summed E-state index contributed by atoms with van der Waals surface area (Å²) < 4.78 is 5.21. The normalized spacial score (nSPS) is 10.3. The molecule has 0 fully saturated rings. The Hall–Kier alpha value is -1.40. The lowest BCUT2D eigenvalue weighted by molar-refractivity contribution is -0.117. The number of anilines is 1. The number of rotatable bonds is 7. The van der Waals surface area contributed by atoms with Crippen molar-refractivity contribution < 1.29 is 19.4 Å². The van der Waals surface area contributed by atoms with Crippen LogP contribution >= 0.6 is 11.3 Å². The molecule has 0 aliphatic heterocycles. The molecule has 2 N–H and O–H groups in total. The predicted octanol–water partition coefficient (Wildman–Crippen LogP) is 2.51. The number of carbonyl (C=O) groups excluding carboxylic acids is 1. The fourth-order valence-corrected chi connectivity index (χ4v) is 2.29. The zero-order chi connectivity index (χ0) is 13.5. The first-order valence-electron chi connectivity index (χ1n) is 5.76. The average Bonchev–Trinajstić information content (AvgIpc) is 2.66. The molecule has 100 valence electrons. The van der Waals surface area contributed by atoms with E-state index in [1.54, 1.807) is 13.0 Å². The third kappa shape index (κ3) is 4.46. The van der Waals surface area contributed by atoms with Crippen LogP contribution in [0.2, 0.25) is 0 Å². The first-order valence-corrected chi connectivity index (χ1v) is 6.57. The van der Waals surface area contributed by atoms with Gasteiger partial charge in [-0.1, -0.05) is 6.92 Å². The summed E-state index contributed by atoms with van der Waals surface area (Å²) in [5.74, 6) is -1.13. The Labute approximate surface area is 110 Å². The molecule has 0 saturated heterocycles. The topological polar surface area (TPSA) is 75.6 Å². The quantitative estimate of drug-likeness (QED) is 0.747. The molecule has 0 bridgehead atoms. The van der Waals surface area contributed by atoms with Crippen LogP contribution in [0.1, 0.15) is 35.0 Å². The number of carboxylic acid groups (broad SMARTS) is 1. The van der Waals surface area contributed by atoms with E-state index in [0.717, 1.165) is 17.8 Å². The molecule has 0 unspecified atom stereocenters. The van der Waals surface area contributed by atoms with Gasteiger partial charge in [-0.3, -0.25) is 4.79 Å². The highest BCUT2D eigenvalue weighted by Gasteiger charge is 2.13. The van der Waals surface area contributed by atoms with Crippen LogP contribution in [0.15, 0.2) is 6.07 Å². The van der Waals surface area contributed by atoms with Gasteiger partial charge in [0.05, 0.1) is 18.0 Å². The van der Waals surface area contributed by atoms with Crippen LogP contribution in [0.25, 0.3) is 0 Å². The number of hydrogen-bond acceptors (Lipinski definition) is 4. The van der Waals surface area contributed by atoms with E-state index in [1.807, 2.05) is 6.92 Å². The van der Waals surface area contributed by atoms with Crippen molar-refractivity contribution in [3.63, 3.8) is 0 Å². The highest BCUT2D eigenvalue weighted by Crippen LogP contribution is 2.26. The lowest BCUT2D eigenvalue weighted by atomic mass is 10.3. The standard InChI is InChI=1S/C12H17NO4S/c1-3-5-17-6-4-9(14)13-10-7-8(2)11(18-10)12(15)16/h7H,3-6H2,1-2H3,(H,13,14)(H,15,16). The van der Waals surface area contributed by atoms with Crippen molar-refractivity contribution in [3.05, 3.63) is 16.5 Å². The van der Waals surface area contributed by atoms with Gasteiger partial charge in [0, 0.05) is 6.61 Å². The molecule has 1 rings (SSSR count). The summed E-state index contributed by atoms with van der Waals surface area (Å²) in [5.41, 5.74) is 0.657. The van der Waals surface area contributed by atoms with Crippen molar-refractivity contribution in [3.8, 4) is 0 Å². The van der Waals surface area contributed by atoms with E-state index in [-0.39, 0.29) is 17.2 Å². The Morgan fingerprint density at radius 3 is 2.72 bits per heavy atom. The highest BCUT2D eigenvalue weighted by atomic mass is 32.1. The molecule has 0 aromatic carbocycles. The Morgan fingerprint density at radius 2 is 2.17 bits per heavy atom. The monoisotopic (exact) mass is 271 g/mol. The molecule has 1 heterocycles. The molecule has 0 radical (unpaired) electrons. The third-order valence-electron chi connectivity index (χ3n) is 2.20. The van der Waals surface area contributed by atoms with Crippen LogP contribution in [0, 0.1) is 6.92 Å². The molecule has 1 amide bonds. The minimum atomic E-state index is -0.968. The predicted molar refractivity (Wildman–Crippen MR) is 70.4 cm³/mol. The number of thiophene rings is 1. The minimum Gasteiger partial charge on any atom is -0.477 e. The summed E-state index contributed by atoms with van der Waals surface area (Å²) in [6.45, 7) is 4.74. The van der Waals surface area contributed by atoms with Crippen molar-refractivity contribution in [1.29, 1.82) is 0 Å². The summed E-state index contributed by atoms with van der Waals surface area (Å²) >= 11 is 1.07. The van der Waals surface area contributed by atoms with E-state index in [9.17, 15) is 9.59 Å². The lowest BCUT2D eigenvalue weighted by Crippen LogP contribution is -2.13. The van der Waals surface area contributed by atoms with Gasteiger partial charge < -0.3 is 15.2 Å². The molecule has 1 aromatic rings. The minimum absolute atomic E-state index is 0.163. The number of ether oxygens (including phenoxy) is 1. The molecule has 1 aromatic heterocycles. The highest BCUT2D eigenvalue weighted by molar-refractivity contribution is 7.18. The van der Waals surface area contributed by atoms with E-state index in [2.05, 4.69) is 5.32 Å². The van der Waals surface area contributed by atoms with Gasteiger partial charge in [-0.05, 0) is 25.0 Å². The molecule has 0 atom stereocenters. The number of carboxylic acids is 1. The van der Waals surface area contributed by atoms with E-state index in [4.69, 9.17) is 9.84 Å². The SMILES string of the molecule is CCCOCCC(=O)Nc1cc(C)c(C(=O)O)s1. The molecule has 0 aliphatic carbocycles. The maximum absolute atomic E-state index is 11.5. The number of amides is 1. The molecular formula is C12H17NO4S. The fraction of sp³-hybridized carbons (Fsp3) is 0.500. The summed E-state index contributed by atoms with van der Waals surface area (Å²) in [7, 11) is 0. The smallest absolute Gasteiger partial charge is 0.346 e. The molecule has 18 heavy (non-hydrogen) atoms. The van der Waals surface area contributed by atoms with Gasteiger partial charge >= 0.3 is 5.97 Å². The van der Waals surface area contributed by atoms with E-state index in [0.29, 0.717) is 23.8 Å². The van der Waals surface area contributed by atoms with E-state index >= 15 is 0 Å². The molecule has 0 saturated carbocycles. The second kappa shape index (κ2) is 7.13. The van der Waals surface area contributed by atoms with Crippen molar-refractivity contribution in [1.82, 2.24) is 0 Å². The van der Waals surface area contributed by atoms with Gasteiger partial charge in [-0.15, -0.1) is 11.3 Å². The van der Waals surface area contributed by atoms with Crippen molar-refractivity contribution in [2.24, 2.45) is 0 Å². The van der Waals surface area contributed by atoms with Gasteiger partial charge in [-0.2, -0.15) is 0 Å². The number of aryl methyl sites for hydroxylation is 1. The molecule has 5 nitrogen and oxygen atoms in total. The number of carbonyl (C=O) groups is 2. The van der Waals surface area contributed by atoms with Crippen LogP contribution in [0.3, 0.4) is 0 Å². The molecule has 0 aliphatic rings. The number of hydrogen-bond donors (Lipinski definition) is 2. The van der Waals surface area contributed by atoms with Crippen LogP contribution in [-0.4, -0.2) is 30.2 Å². The largest absolute Gasteiger partial charge is 0.477 e. The van der Waals surface area contributed by atoms with E-state index in [1.165, 1.54) is 0 Å². The fourth-order valence-electron chi connectivity index (χ4n) is 1.37. The maximum Gasteiger partial charge on any atom is 0.346 e. The van der Waals surface area contributed by atoms with Crippen molar-refractivity contribution in [2.75, 3.05) is 18.5 Å². The third-order valence-corrected chi connectivity index (χ3v) is 3.34. The Bertz CT molecular complexity index is 428. The molecule has 6 heteroatoms. The Balaban J connectivity index is 2.44. The molecular weight excluding hydrogens is 254 g/mol. The van der Waals surface area contributed by atoms with Gasteiger partial charge in [-0.25, -0.2) is 4.79 Å². The van der Waals surface area contributed by atoms with E-state index < -0.39 is 5.97 Å². The first kappa shape index (κ1) is 14.7. The van der Waals surface area contributed by atoms with Crippen molar-refractivity contribution >= 4 is 28.2 Å². The van der Waals surface area contributed by atoms with Crippen LogP contribution in [0.4, 0.5) is 5.00 Å². The van der Waals surface area contributed by atoms with Crippen molar-refractivity contribution in [2.45, 2.75) is 26.7 Å².